The van der Waals surface area contributed by atoms with Crippen LogP contribution in [0, 0.1) is 0 Å². The van der Waals surface area contributed by atoms with Gasteiger partial charge in [-0.05, 0) is 29.1 Å². The first-order valence-electron chi connectivity index (χ1n) is 8.91. The first-order chi connectivity index (χ1) is 13.7. The zero-order valence-electron chi connectivity index (χ0n) is 15.0. The third-order valence-corrected chi connectivity index (χ3v) is 5.47. The van der Waals surface area contributed by atoms with Gasteiger partial charge in [-0.3, -0.25) is 9.59 Å². The Morgan fingerprint density at radius 2 is 2.00 bits per heavy atom. The summed E-state index contributed by atoms with van der Waals surface area (Å²) in [6.07, 6.45) is 1.41. The lowest BCUT2D eigenvalue weighted by Gasteiger charge is -2.20. The Balaban J connectivity index is 1.54. The fourth-order valence-electron chi connectivity index (χ4n) is 3.14. The minimum atomic E-state index is -0.221. The molecule has 1 amide bonds. The Kier molecular flexibility index (Phi) is 5.30. The highest BCUT2D eigenvalue weighted by molar-refractivity contribution is 7.10. The number of aldehydes is 1. The third-order valence-electron chi connectivity index (χ3n) is 4.50. The van der Waals surface area contributed by atoms with E-state index in [9.17, 15) is 9.59 Å². The topological polar surface area (TPSA) is 59.0 Å². The van der Waals surface area contributed by atoms with E-state index in [1.54, 1.807) is 35.6 Å². The van der Waals surface area contributed by atoms with Gasteiger partial charge in [0.1, 0.15) is 12.0 Å². The first-order valence-corrected chi connectivity index (χ1v) is 9.79. The van der Waals surface area contributed by atoms with Crippen LogP contribution in [0.2, 0.25) is 0 Å². The molecule has 0 spiro atoms. The van der Waals surface area contributed by atoms with E-state index in [1.165, 1.54) is 5.01 Å². The summed E-state index contributed by atoms with van der Waals surface area (Å²) >= 11 is 1.61. The lowest BCUT2D eigenvalue weighted by Crippen LogP contribution is -2.31. The molecule has 0 saturated heterocycles. The molecule has 0 saturated carbocycles. The quantitative estimate of drug-likeness (QED) is 0.589. The SMILES string of the molecule is O=Cc1cccc(OCC(=O)N2N=C(c3ccccc3)CC2c2cccs2)c1. The van der Waals surface area contributed by atoms with Crippen molar-refractivity contribution in [1.29, 1.82) is 0 Å². The lowest BCUT2D eigenvalue weighted by molar-refractivity contribution is -0.135. The Morgan fingerprint density at radius 1 is 1.14 bits per heavy atom. The van der Waals surface area contributed by atoms with Gasteiger partial charge in [-0.1, -0.05) is 48.5 Å². The van der Waals surface area contributed by atoms with Crippen LogP contribution in [0.3, 0.4) is 0 Å². The van der Waals surface area contributed by atoms with E-state index >= 15 is 0 Å². The van der Waals surface area contributed by atoms with Gasteiger partial charge in [0.25, 0.3) is 5.91 Å². The summed E-state index contributed by atoms with van der Waals surface area (Å²) in [4.78, 5) is 24.9. The number of carbonyl (C=O) groups is 2. The molecule has 1 unspecified atom stereocenters. The fraction of sp³-hybridized carbons (Fsp3) is 0.136. The second-order valence-corrected chi connectivity index (χ2v) is 7.34. The molecule has 28 heavy (non-hydrogen) atoms. The van der Waals surface area contributed by atoms with Crippen LogP contribution in [0.5, 0.6) is 5.75 Å². The van der Waals surface area contributed by atoms with E-state index in [-0.39, 0.29) is 18.6 Å². The highest BCUT2D eigenvalue weighted by Crippen LogP contribution is 2.35. The van der Waals surface area contributed by atoms with E-state index < -0.39 is 0 Å². The molecule has 6 heteroatoms. The zero-order chi connectivity index (χ0) is 19.3. The fourth-order valence-corrected chi connectivity index (χ4v) is 3.95. The molecule has 2 heterocycles. The number of rotatable bonds is 6. The Bertz CT molecular complexity index is 1000. The van der Waals surface area contributed by atoms with Crippen LogP contribution in [0.25, 0.3) is 0 Å². The maximum Gasteiger partial charge on any atom is 0.281 e. The Labute approximate surface area is 166 Å². The predicted octanol–water partition coefficient (Wildman–Crippen LogP) is 4.32. The number of ether oxygens (including phenoxy) is 1. The number of benzene rings is 2. The van der Waals surface area contributed by atoms with Gasteiger partial charge in [0.05, 0.1) is 11.8 Å². The zero-order valence-corrected chi connectivity index (χ0v) is 15.8. The number of nitrogens with zero attached hydrogens (tertiary/aromatic N) is 2. The van der Waals surface area contributed by atoms with Crippen molar-refractivity contribution >= 4 is 29.2 Å². The van der Waals surface area contributed by atoms with E-state index in [4.69, 9.17) is 4.74 Å². The van der Waals surface area contributed by atoms with Crippen LogP contribution in [0.1, 0.15) is 33.3 Å². The molecule has 0 aliphatic carbocycles. The maximum atomic E-state index is 12.9. The highest BCUT2D eigenvalue weighted by Gasteiger charge is 2.33. The van der Waals surface area contributed by atoms with E-state index in [0.29, 0.717) is 17.7 Å². The molecular weight excluding hydrogens is 372 g/mol. The van der Waals surface area contributed by atoms with Crippen molar-refractivity contribution in [2.24, 2.45) is 5.10 Å². The molecule has 2 aromatic carbocycles. The van der Waals surface area contributed by atoms with Gasteiger partial charge in [-0.25, -0.2) is 5.01 Å². The number of amides is 1. The predicted molar refractivity (Wildman–Crippen MR) is 109 cm³/mol. The third kappa shape index (κ3) is 3.87. The lowest BCUT2D eigenvalue weighted by atomic mass is 10.0. The number of hydrogen-bond acceptors (Lipinski definition) is 5. The van der Waals surface area contributed by atoms with Crippen LogP contribution in [0.4, 0.5) is 0 Å². The minimum Gasteiger partial charge on any atom is -0.484 e. The molecule has 1 atom stereocenters. The smallest absolute Gasteiger partial charge is 0.281 e. The van der Waals surface area contributed by atoms with Crippen LogP contribution in [-0.4, -0.2) is 29.5 Å². The molecule has 1 aromatic heterocycles. The largest absolute Gasteiger partial charge is 0.484 e. The summed E-state index contributed by atoms with van der Waals surface area (Å²) in [5.74, 6) is 0.262. The summed E-state index contributed by atoms with van der Waals surface area (Å²) in [5.41, 5.74) is 2.40. The van der Waals surface area contributed by atoms with Crippen LogP contribution < -0.4 is 4.74 Å². The Morgan fingerprint density at radius 3 is 2.75 bits per heavy atom. The van der Waals surface area contributed by atoms with Crippen molar-refractivity contribution in [3.63, 3.8) is 0 Å². The number of hydrogen-bond donors (Lipinski definition) is 0. The van der Waals surface area contributed by atoms with E-state index in [1.807, 2.05) is 47.8 Å². The molecule has 0 radical (unpaired) electrons. The molecule has 140 valence electrons. The monoisotopic (exact) mass is 390 g/mol. The standard InChI is InChI=1S/C22H18N2O3S/c25-14-16-6-4-9-18(12-16)27-15-22(26)24-20(21-10-5-11-28-21)13-19(23-24)17-7-2-1-3-8-17/h1-12,14,20H,13,15H2. The summed E-state index contributed by atoms with van der Waals surface area (Å²) in [7, 11) is 0. The molecule has 4 rings (SSSR count). The number of thiophene rings is 1. The van der Waals surface area contributed by atoms with Crippen LogP contribution in [0.15, 0.2) is 77.2 Å². The van der Waals surface area contributed by atoms with E-state index in [0.717, 1.165) is 22.4 Å². The molecule has 0 N–H and O–H groups in total. The van der Waals surface area contributed by atoms with E-state index in [2.05, 4.69) is 5.10 Å². The molecule has 1 aliphatic heterocycles. The van der Waals surface area contributed by atoms with Gasteiger partial charge in [-0.2, -0.15) is 5.10 Å². The second kappa shape index (κ2) is 8.19. The number of hydrazone groups is 1. The van der Waals surface area contributed by atoms with Gasteiger partial charge in [0, 0.05) is 16.9 Å². The Hall–Kier alpha value is -3.25. The maximum absolute atomic E-state index is 12.9. The van der Waals surface area contributed by atoms with Crippen LogP contribution >= 0.6 is 11.3 Å². The van der Waals surface area contributed by atoms with Gasteiger partial charge in [0.15, 0.2) is 6.61 Å². The van der Waals surface area contributed by atoms with Gasteiger partial charge < -0.3 is 4.74 Å². The van der Waals surface area contributed by atoms with Crippen molar-refractivity contribution in [2.45, 2.75) is 12.5 Å². The molecule has 0 bridgehead atoms. The normalized spacial score (nSPS) is 15.9. The second-order valence-electron chi connectivity index (χ2n) is 6.37. The van der Waals surface area contributed by atoms with Crippen molar-refractivity contribution < 1.29 is 14.3 Å². The van der Waals surface area contributed by atoms with Crippen molar-refractivity contribution in [3.05, 3.63) is 88.1 Å². The summed E-state index contributed by atoms with van der Waals surface area (Å²) < 4.78 is 5.61. The average Bonchev–Trinajstić information content (AvgIpc) is 3.42. The molecular formula is C22H18N2O3S. The van der Waals surface area contributed by atoms with Crippen molar-refractivity contribution in [3.8, 4) is 5.75 Å². The minimum absolute atomic E-state index is 0.132. The highest BCUT2D eigenvalue weighted by atomic mass is 32.1. The molecule has 0 fully saturated rings. The van der Waals surface area contributed by atoms with Gasteiger partial charge >= 0.3 is 0 Å². The number of carbonyl (C=O) groups excluding carboxylic acids is 2. The summed E-state index contributed by atoms with van der Waals surface area (Å²) in [5, 5.41) is 8.14. The van der Waals surface area contributed by atoms with Gasteiger partial charge in [-0.15, -0.1) is 11.3 Å². The summed E-state index contributed by atoms with van der Waals surface area (Å²) in [6.45, 7) is -0.143. The molecule has 1 aliphatic rings. The van der Waals surface area contributed by atoms with Crippen molar-refractivity contribution in [1.82, 2.24) is 5.01 Å². The molecule has 3 aromatic rings. The average molecular weight is 390 g/mol. The van der Waals surface area contributed by atoms with Crippen LogP contribution in [-0.2, 0) is 4.79 Å². The molecule has 5 nitrogen and oxygen atoms in total. The summed E-state index contributed by atoms with van der Waals surface area (Å²) in [6, 6.07) is 20.5. The first kappa shape index (κ1) is 18.1. The van der Waals surface area contributed by atoms with Gasteiger partial charge in [0.2, 0.25) is 0 Å². The van der Waals surface area contributed by atoms with Crippen molar-refractivity contribution in [2.75, 3.05) is 6.61 Å².